The van der Waals surface area contributed by atoms with Gasteiger partial charge >= 0.3 is 0 Å². The number of hydrogen-bond acceptors (Lipinski definition) is 2. The van der Waals surface area contributed by atoms with Gasteiger partial charge in [-0.3, -0.25) is 0 Å². The van der Waals surface area contributed by atoms with Gasteiger partial charge in [-0.15, -0.1) is 11.6 Å². The van der Waals surface area contributed by atoms with Crippen LogP contribution in [0.15, 0.2) is 29.2 Å². The van der Waals surface area contributed by atoms with Crippen LogP contribution in [-0.2, 0) is 15.9 Å². The number of halogens is 1. The highest BCUT2D eigenvalue weighted by molar-refractivity contribution is 7.89. The molecule has 5 heteroatoms. The molecule has 0 aromatic heterocycles. The highest BCUT2D eigenvalue weighted by Crippen LogP contribution is 2.29. The Morgan fingerprint density at radius 1 is 1.33 bits per heavy atom. The largest absolute Gasteiger partial charge is 0.243 e. The van der Waals surface area contributed by atoms with Crippen molar-refractivity contribution >= 4 is 21.6 Å². The van der Waals surface area contributed by atoms with Crippen LogP contribution in [0.3, 0.4) is 0 Å². The Kier molecular flexibility index (Phi) is 4.30. The minimum absolute atomic E-state index is 0.215. The van der Waals surface area contributed by atoms with Gasteiger partial charge in [-0.25, -0.2) is 12.7 Å². The molecule has 1 aromatic carbocycles. The molecule has 2 rings (SSSR count). The molecular weight excluding hydrogens is 270 g/mol. The van der Waals surface area contributed by atoms with E-state index in [4.69, 9.17) is 11.6 Å². The van der Waals surface area contributed by atoms with E-state index in [1.807, 2.05) is 6.07 Å². The molecule has 1 aromatic rings. The minimum Gasteiger partial charge on any atom is -0.207 e. The lowest BCUT2D eigenvalue weighted by atomic mass is 9.86. The van der Waals surface area contributed by atoms with Crippen LogP contribution < -0.4 is 0 Å². The SMILES string of the molecule is CN(CC1CCC1)S(=O)(=O)c1ccccc1CCl. The molecule has 18 heavy (non-hydrogen) atoms. The maximum Gasteiger partial charge on any atom is 0.243 e. The standard InChI is InChI=1S/C13H18ClNO2S/c1-15(10-11-5-4-6-11)18(16,17)13-8-3-2-7-12(13)9-14/h2-3,7-8,11H,4-6,9-10H2,1H3. The van der Waals surface area contributed by atoms with Gasteiger partial charge in [0.05, 0.1) is 4.90 Å². The summed E-state index contributed by atoms with van der Waals surface area (Å²) in [6, 6.07) is 6.93. The molecule has 1 aliphatic rings. The van der Waals surface area contributed by atoms with Gasteiger partial charge in [0, 0.05) is 19.5 Å². The molecule has 0 radical (unpaired) electrons. The van der Waals surface area contributed by atoms with Crippen molar-refractivity contribution in [2.75, 3.05) is 13.6 Å². The van der Waals surface area contributed by atoms with Gasteiger partial charge in [0.1, 0.15) is 0 Å². The van der Waals surface area contributed by atoms with E-state index < -0.39 is 10.0 Å². The number of nitrogens with zero attached hydrogens (tertiary/aromatic N) is 1. The van der Waals surface area contributed by atoms with Crippen LogP contribution in [0.4, 0.5) is 0 Å². The third-order valence-electron chi connectivity index (χ3n) is 3.54. The van der Waals surface area contributed by atoms with Crippen LogP contribution >= 0.6 is 11.6 Å². The number of benzene rings is 1. The van der Waals surface area contributed by atoms with E-state index in [1.54, 1.807) is 25.2 Å². The summed E-state index contributed by atoms with van der Waals surface area (Å²) in [7, 11) is -1.75. The molecule has 0 bridgehead atoms. The summed E-state index contributed by atoms with van der Waals surface area (Å²) >= 11 is 5.80. The lowest BCUT2D eigenvalue weighted by Crippen LogP contribution is -2.34. The Labute approximate surface area is 114 Å². The summed E-state index contributed by atoms with van der Waals surface area (Å²) in [5.41, 5.74) is 0.666. The molecule has 0 heterocycles. The zero-order valence-corrected chi connectivity index (χ0v) is 12.0. The van der Waals surface area contributed by atoms with Crippen molar-refractivity contribution < 1.29 is 8.42 Å². The maximum absolute atomic E-state index is 12.5. The quantitative estimate of drug-likeness (QED) is 0.781. The Bertz CT molecular complexity index is 511. The van der Waals surface area contributed by atoms with Crippen molar-refractivity contribution in [1.29, 1.82) is 0 Å². The van der Waals surface area contributed by atoms with Crippen molar-refractivity contribution in [3.8, 4) is 0 Å². The topological polar surface area (TPSA) is 37.4 Å². The lowest BCUT2D eigenvalue weighted by molar-refractivity contribution is 0.263. The molecule has 0 spiro atoms. The van der Waals surface area contributed by atoms with Crippen molar-refractivity contribution in [1.82, 2.24) is 4.31 Å². The predicted molar refractivity (Wildman–Crippen MR) is 73.2 cm³/mol. The fraction of sp³-hybridized carbons (Fsp3) is 0.538. The van der Waals surface area contributed by atoms with Crippen molar-refractivity contribution in [2.45, 2.75) is 30.0 Å². The molecule has 1 saturated carbocycles. The molecule has 1 aliphatic carbocycles. The molecule has 0 unspecified atom stereocenters. The minimum atomic E-state index is -3.40. The smallest absolute Gasteiger partial charge is 0.207 e. The van der Waals surface area contributed by atoms with Crippen molar-refractivity contribution in [2.24, 2.45) is 5.92 Å². The van der Waals surface area contributed by atoms with Crippen LogP contribution in [0.1, 0.15) is 24.8 Å². The van der Waals surface area contributed by atoms with Crippen LogP contribution in [0.25, 0.3) is 0 Å². The molecule has 1 fully saturated rings. The van der Waals surface area contributed by atoms with Gasteiger partial charge in [0.2, 0.25) is 10.0 Å². The summed E-state index contributed by atoms with van der Waals surface area (Å²) < 4.78 is 26.4. The summed E-state index contributed by atoms with van der Waals surface area (Å²) in [5.74, 6) is 0.736. The first-order valence-corrected chi connectivity index (χ1v) is 8.13. The lowest BCUT2D eigenvalue weighted by Gasteiger charge is -2.30. The van der Waals surface area contributed by atoms with E-state index in [9.17, 15) is 8.42 Å². The Hall–Kier alpha value is -0.580. The van der Waals surface area contributed by atoms with Gasteiger partial charge in [0.25, 0.3) is 0 Å². The van der Waals surface area contributed by atoms with Crippen LogP contribution in [0.5, 0.6) is 0 Å². The van der Waals surface area contributed by atoms with E-state index in [0.717, 1.165) is 12.8 Å². The summed E-state index contributed by atoms with van der Waals surface area (Å²) in [6.07, 6.45) is 3.49. The van der Waals surface area contributed by atoms with Crippen LogP contribution in [0.2, 0.25) is 0 Å². The summed E-state index contributed by atoms with van der Waals surface area (Å²) in [5, 5.41) is 0. The first kappa shape index (κ1) is 13.8. The molecule has 100 valence electrons. The predicted octanol–water partition coefficient (Wildman–Crippen LogP) is 2.85. The van der Waals surface area contributed by atoms with Gasteiger partial charge in [0.15, 0.2) is 0 Å². The fourth-order valence-corrected chi connectivity index (χ4v) is 3.95. The zero-order chi connectivity index (χ0) is 13.2. The van der Waals surface area contributed by atoms with Crippen LogP contribution in [-0.4, -0.2) is 26.3 Å². The average molecular weight is 288 g/mol. The highest BCUT2D eigenvalue weighted by atomic mass is 35.5. The van der Waals surface area contributed by atoms with Gasteiger partial charge in [-0.1, -0.05) is 24.6 Å². The molecule has 0 saturated heterocycles. The first-order chi connectivity index (χ1) is 8.55. The number of alkyl halides is 1. The van der Waals surface area contributed by atoms with Gasteiger partial charge < -0.3 is 0 Å². The molecular formula is C13H18ClNO2S. The second kappa shape index (κ2) is 5.59. The number of rotatable bonds is 5. The molecule has 0 N–H and O–H groups in total. The molecule has 3 nitrogen and oxygen atoms in total. The highest BCUT2D eigenvalue weighted by Gasteiger charge is 2.27. The first-order valence-electron chi connectivity index (χ1n) is 6.16. The monoisotopic (exact) mass is 287 g/mol. The third kappa shape index (κ3) is 2.71. The summed E-state index contributed by atoms with van der Waals surface area (Å²) in [4.78, 5) is 0.335. The molecule has 0 atom stereocenters. The average Bonchev–Trinajstić information content (AvgIpc) is 2.33. The van der Waals surface area contributed by atoms with Crippen molar-refractivity contribution in [3.63, 3.8) is 0 Å². The second-order valence-corrected chi connectivity index (χ2v) is 7.10. The van der Waals surface area contributed by atoms with E-state index in [-0.39, 0.29) is 5.88 Å². The van der Waals surface area contributed by atoms with Crippen LogP contribution in [0, 0.1) is 5.92 Å². The van der Waals surface area contributed by atoms with Gasteiger partial charge in [-0.2, -0.15) is 0 Å². The molecule has 0 amide bonds. The normalized spacial score (nSPS) is 16.8. The van der Waals surface area contributed by atoms with Crippen molar-refractivity contribution in [3.05, 3.63) is 29.8 Å². The van der Waals surface area contributed by atoms with E-state index in [2.05, 4.69) is 0 Å². The maximum atomic E-state index is 12.5. The van der Waals surface area contributed by atoms with E-state index in [0.29, 0.717) is 22.9 Å². The number of sulfonamides is 1. The fourth-order valence-electron chi connectivity index (χ4n) is 2.17. The Morgan fingerprint density at radius 2 is 2.00 bits per heavy atom. The summed E-state index contributed by atoms with van der Waals surface area (Å²) in [6.45, 7) is 0.610. The zero-order valence-electron chi connectivity index (χ0n) is 10.5. The Morgan fingerprint density at radius 3 is 2.56 bits per heavy atom. The molecule has 0 aliphatic heterocycles. The number of hydrogen-bond donors (Lipinski definition) is 0. The van der Waals surface area contributed by atoms with E-state index >= 15 is 0 Å². The third-order valence-corrected chi connectivity index (χ3v) is 5.76. The van der Waals surface area contributed by atoms with E-state index in [1.165, 1.54) is 10.7 Å². The van der Waals surface area contributed by atoms with Gasteiger partial charge in [-0.05, 0) is 30.4 Å². The Balaban J connectivity index is 2.23. The second-order valence-electron chi connectivity index (χ2n) is 4.82.